The molecule has 0 amide bonds. The number of ether oxygens (including phenoxy) is 2. The fourth-order valence-corrected chi connectivity index (χ4v) is 3.09. The van der Waals surface area contributed by atoms with Crippen LogP contribution in [0.15, 0.2) is 48.5 Å². The van der Waals surface area contributed by atoms with E-state index in [-0.39, 0.29) is 18.1 Å². The Bertz CT molecular complexity index is 837. The minimum absolute atomic E-state index is 0.0477. The Morgan fingerprint density at radius 3 is 2.32 bits per heavy atom. The molecule has 3 rings (SSSR count). The summed E-state index contributed by atoms with van der Waals surface area (Å²) in [4.78, 5) is 23.9. The summed E-state index contributed by atoms with van der Waals surface area (Å²) in [7, 11) is 0. The Morgan fingerprint density at radius 1 is 1.00 bits per heavy atom. The second kappa shape index (κ2) is 8.46. The number of carbonyl (C=O) groups excluding carboxylic acids is 2. The average molecular weight is 392 g/mol. The van der Waals surface area contributed by atoms with Gasteiger partial charge >= 0.3 is 18.1 Å². The van der Waals surface area contributed by atoms with E-state index in [0.717, 1.165) is 37.8 Å². The van der Waals surface area contributed by atoms with Crippen molar-refractivity contribution in [1.82, 2.24) is 0 Å². The molecular weight excluding hydrogens is 373 g/mol. The summed E-state index contributed by atoms with van der Waals surface area (Å²) in [5.74, 6) is -1.04. The topological polar surface area (TPSA) is 52.6 Å². The first-order valence-electron chi connectivity index (χ1n) is 8.98. The maximum absolute atomic E-state index is 12.7. The van der Waals surface area contributed by atoms with Crippen molar-refractivity contribution in [3.8, 4) is 5.75 Å². The number of esters is 2. The molecule has 0 aliphatic heterocycles. The first-order chi connectivity index (χ1) is 13.3. The van der Waals surface area contributed by atoms with Crippen LogP contribution in [0, 0.1) is 5.92 Å². The van der Waals surface area contributed by atoms with E-state index in [2.05, 4.69) is 0 Å². The molecule has 0 N–H and O–H groups in total. The highest BCUT2D eigenvalue weighted by Gasteiger charge is 2.30. The van der Waals surface area contributed by atoms with Crippen LogP contribution in [0.25, 0.3) is 0 Å². The van der Waals surface area contributed by atoms with E-state index in [1.54, 1.807) is 0 Å². The van der Waals surface area contributed by atoms with Gasteiger partial charge in [-0.2, -0.15) is 13.2 Å². The molecule has 148 valence electrons. The average Bonchev–Trinajstić information content (AvgIpc) is 3.21. The fraction of sp³-hybridized carbons (Fsp3) is 0.333. The van der Waals surface area contributed by atoms with E-state index in [9.17, 15) is 22.8 Å². The van der Waals surface area contributed by atoms with Crippen molar-refractivity contribution >= 4 is 11.9 Å². The van der Waals surface area contributed by atoms with Crippen LogP contribution < -0.4 is 4.74 Å². The van der Waals surface area contributed by atoms with Crippen molar-refractivity contribution in [3.63, 3.8) is 0 Å². The fourth-order valence-electron chi connectivity index (χ4n) is 3.09. The lowest BCUT2D eigenvalue weighted by Gasteiger charge is -2.11. The highest BCUT2D eigenvalue weighted by molar-refractivity contribution is 5.97. The molecule has 0 aromatic heterocycles. The maximum Gasteiger partial charge on any atom is 0.416 e. The molecule has 1 aliphatic rings. The largest absolute Gasteiger partial charge is 0.489 e. The zero-order chi connectivity index (χ0) is 20.1. The van der Waals surface area contributed by atoms with Gasteiger partial charge in [-0.05, 0) is 54.8 Å². The summed E-state index contributed by atoms with van der Waals surface area (Å²) >= 11 is 0. The number of halogens is 3. The second-order valence-corrected chi connectivity index (χ2v) is 6.70. The summed E-state index contributed by atoms with van der Waals surface area (Å²) in [6.45, 7) is -0.0477. The van der Waals surface area contributed by atoms with Crippen LogP contribution in [0.1, 0.15) is 47.2 Å². The zero-order valence-electron chi connectivity index (χ0n) is 15.0. The Hall–Kier alpha value is -2.83. The van der Waals surface area contributed by atoms with Gasteiger partial charge in [0, 0.05) is 0 Å². The molecule has 0 spiro atoms. The molecule has 2 aromatic carbocycles. The molecule has 1 aliphatic carbocycles. The molecule has 1 fully saturated rings. The maximum atomic E-state index is 12.7. The number of carbonyl (C=O) groups is 2. The van der Waals surface area contributed by atoms with Gasteiger partial charge < -0.3 is 9.47 Å². The number of alkyl halides is 3. The molecule has 1 saturated carbocycles. The number of hydrogen-bond donors (Lipinski definition) is 0. The molecule has 2 aromatic rings. The van der Waals surface area contributed by atoms with Crippen LogP contribution in [0.4, 0.5) is 13.2 Å². The molecule has 0 unspecified atom stereocenters. The molecule has 28 heavy (non-hydrogen) atoms. The third-order valence-electron chi connectivity index (χ3n) is 4.63. The molecule has 0 heterocycles. The first kappa shape index (κ1) is 19.9. The van der Waals surface area contributed by atoms with E-state index in [1.165, 1.54) is 36.4 Å². The van der Waals surface area contributed by atoms with E-state index in [1.807, 2.05) is 0 Å². The Balaban J connectivity index is 1.55. The predicted octanol–water partition coefficient (Wildman–Crippen LogP) is 5.16. The van der Waals surface area contributed by atoms with Gasteiger partial charge in [-0.15, -0.1) is 0 Å². The van der Waals surface area contributed by atoms with Crippen LogP contribution in [-0.2, 0) is 22.3 Å². The van der Waals surface area contributed by atoms with Gasteiger partial charge in [0.25, 0.3) is 0 Å². The van der Waals surface area contributed by atoms with Gasteiger partial charge in [0.1, 0.15) is 12.4 Å². The van der Waals surface area contributed by atoms with Gasteiger partial charge in [-0.3, -0.25) is 4.79 Å². The van der Waals surface area contributed by atoms with E-state index in [4.69, 9.17) is 9.47 Å². The Labute approximate surface area is 160 Å². The highest BCUT2D eigenvalue weighted by Crippen LogP contribution is 2.30. The van der Waals surface area contributed by atoms with Crippen LogP contribution in [0.5, 0.6) is 5.75 Å². The van der Waals surface area contributed by atoms with Gasteiger partial charge in [-0.25, -0.2) is 4.79 Å². The Morgan fingerprint density at radius 2 is 1.68 bits per heavy atom. The lowest BCUT2D eigenvalue weighted by molar-refractivity contribution is -0.142. The van der Waals surface area contributed by atoms with Crippen molar-refractivity contribution in [3.05, 3.63) is 65.2 Å². The van der Waals surface area contributed by atoms with Crippen molar-refractivity contribution in [2.75, 3.05) is 0 Å². The van der Waals surface area contributed by atoms with E-state index in [0.29, 0.717) is 11.3 Å². The molecule has 0 atom stereocenters. The Kier molecular flexibility index (Phi) is 6.02. The monoisotopic (exact) mass is 392 g/mol. The minimum atomic E-state index is -4.41. The quantitative estimate of drug-likeness (QED) is 0.521. The van der Waals surface area contributed by atoms with Crippen molar-refractivity contribution in [2.24, 2.45) is 5.92 Å². The smallest absolute Gasteiger partial charge is 0.416 e. The van der Waals surface area contributed by atoms with Gasteiger partial charge in [-0.1, -0.05) is 25.0 Å². The van der Waals surface area contributed by atoms with E-state index < -0.39 is 23.7 Å². The normalized spacial score (nSPS) is 14.7. The van der Waals surface area contributed by atoms with Gasteiger partial charge in [0.05, 0.1) is 17.0 Å². The third-order valence-corrected chi connectivity index (χ3v) is 4.63. The second-order valence-electron chi connectivity index (χ2n) is 6.70. The molecule has 0 saturated heterocycles. The molecular formula is C21H19F3O4. The molecule has 7 heteroatoms. The number of rotatable bonds is 5. The SMILES string of the molecule is O=C(OC(=O)C1CCCC1)c1ccc(OCc2cccc(C(F)(F)F)c2)cc1. The van der Waals surface area contributed by atoms with Crippen LogP contribution in [0.2, 0.25) is 0 Å². The molecule has 4 nitrogen and oxygen atoms in total. The van der Waals surface area contributed by atoms with Gasteiger partial charge in [0.2, 0.25) is 0 Å². The summed E-state index contributed by atoms with van der Waals surface area (Å²) < 4.78 is 48.6. The summed E-state index contributed by atoms with van der Waals surface area (Å²) in [6.07, 6.45) is -0.992. The van der Waals surface area contributed by atoms with Crippen molar-refractivity contribution in [2.45, 2.75) is 38.5 Å². The summed E-state index contributed by atoms with van der Waals surface area (Å²) in [5, 5.41) is 0. The molecule has 0 radical (unpaired) electrons. The first-order valence-corrected chi connectivity index (χ1v) is 8.98. The van der Waals surface area contributed by atoms with Crippen molar-refractivity contribution < 1.29 is 32.2 Å². The van der Waals surface area contributed by atoms with Crippen LogP contribution in [0.3, 0.4) is 0 Å². The lowest BCUT2D eigenvalue weighted by Crippen LogP contribution is -2.19. The number of benzene rings is 2. The van der Waals surface area contributed by atoms with Crippen LogP contribution in [-0.4, -0.2) is 11.9 Å². The minimum Gasteiger partial charge on any atom is -0.489 e. The standard InChI is InChI=1S/C21H19F3O4/c22-21(23,24)17-7-3-4-14(12-17)13-27-18-10-8-16(9-11-18)20(26)28-19(25)15-5-1-2-6-15/h3-4,7-12,15H,1-2,5-6,13H2. The van der Waals surface area contributed by atoms with Crippen molar-refractivity contribution in [1.29, 1.82) is 0 Å². The van der Waals surface area contributed by atoms with E-state index >= 15 is 0 Å². The lowest BCUT2D eigenvalue weighted by atomic mass is 10.1. The van der Waals surface area contributed by atoms with Gasteiger partial charge in [0.15, 0.2) is 0 Å². The molecule has 0 bridgehead atoms. The number of hydrogen-bond acceptors (Lipinski definition) is 4. The summed E-state index contributed by atoms with van der Waals surface area (Å²) in [5.41, 5.74) is -0.156. The van der Waals surface area contributed by atoms with Crippen LogP contribution >= 0.6 is 0 Å². The zero-order valence-corrected chi connectivity index (χ0v) is 15.0. The third kappa shape index (κ3) is 5.12. The summed E-state index contributed by atoms with van der Waals surface area (Å²) in [6, 6.07) is 10.8. The highest BCUT2D eigenvalue weighted by atomic mass is 19.4. The predicted molar refractivity (Wildman–Crippen MR) is 94.6 cm³/mol.